The third-order valence-electron chi connectivity index (χ3n) is 4.01. The van der Waals surface area contributed by atoms with E-state index in [0.717, 1.165) is 11.3 Å². The average molecular weight is 340 g/mol. The second-order valence-electron chi connectivity index (χ2n) is 5.58. The molecule has 3 aromatic heterocycles. The summed E-state index contributed by atoms with van der Waals surface area (Å²) in [7, 11) is 0. The van der Waals surface area contributed by atoms with Crippen LogP contribution in [0.25, 0.3) is 16.9 Å². The Kier molecular flexibility index (Phi) is 3.46. The molecular formula is C17H14ClN5O. The highest BCUT2D eigenvalue weighted by molar-refractivity contribution is 6.30. The summed E-state index contributed by atoms with van der Waals surface area (Å²) < 4.78 is 3.34. The minimum Gasteiger partial charge on any atom is -0.329 e. The SMILES string of the molecule is C[C@H](c1cc(=O)n2[nH]c(-c3cccc(Cl)c3)cc2n1)n1ccnc1. The average Bonchev–Trinajstić information content (AvgIpc) is 3.24. The van der Waals surface area contributed by atoms with Crippen LogP contribution in [0, 0.1) is 0 Å². The molecule has 24 heavy (non-hydrogen) atoms. The lowest BCUT2D eigenvalue weighted by atomic mass is 10.1. The summed E-state index contributed by atoms with van der Waals surface area (Å²) in [6.45, 7) is 1.98. The molecule has 4 rings (SSSR count). The first kappa shape index (κ1) is 14.7. The molecule has 0 saturated heterocycles. The lowest BCUT2D eigenvalue weighted by Crippen LogP contribution is -2.18. The van der Waals surface area contributed by atoms with Crippen molar-refractivity contribution in [2.45, 2.75) is 13.0 Å². The summed E-state index contributed by atoms with van der Waals surface area (Å²) in [6, 6.07) is 10.8. The van der Waals surface area contributed by atoms with Gasteiger partial charge in [0.2, 0.25) is 0 Å². The fraction of sp³-hybridized carbons (Fsp3) is 0.118. The van der Waals surface area contributed by atoms with E-state index in [1.165, 1.54) is 10.6 Å². The Bertz CT molecular complexity index is 1060. The molecule has 0 bridgehead atoms. The Labute approximate surface area is 142 Å². The third kappa shape index (κ3) is 2.51. The molecule has 1 atom stereocenters. The number of fused-ring (bicyclic) bond motifs is 1. The van der Waals surface area contributed by atoms with E-state index in [1.807, 2.05) is 48.0 Å². The molecule has 0 fully saturated rings. The van der Waals surface area contributed by atoms with E-state index in [9.17, 15) is 4.79 Å². The summed E-state index contributed by atoms with van der Waals surface area (Å²) >= 11 is 6.04. The number of H-pyrrole nitrogens is 1. The van der Waals surface area contributed by atoms with Gasteiger partial charge in [-0.1, -0.05) is 23.7 Å². The van der Waals surface area contributed by atoms with Gasteiger partial charge in [0.1, 0.15) is 0 Å². The molecule has 7 heteroatoms. The monoisotopic (exact) mass is 339 g/mol. The molecule has 1 N–H and O–H groups in total. The Morgan fingerprint density at radius 3 is 2.88 bits per heavy atom. The molecule has 6 nitrogen and oxygen atoms in total. The van der Waals surface area contributed by atoms with Crippen molar-refractivity contribution in [2.24, 2.45) is 0 Å². The van der Waals surface area contributed by atoms with Gasteiger partial charge >= 0.3 is 0 Å². The van der Waals surface area contributed by atoms with Crippen molar-refractivity contribution in [2.75, 3.05) is 0 Å². The molecule has 0 amide bonds. The molecule has 0 aliphatic carbocycles. The van der Waals surface area contributed by atoms with Crippen LogP contribution in [0.3, 0.4) is 0 Å². The van der Waals surface area contributed by atoms with Crippen LogP contribution in [0.1, 0.15) is 18.7 Å². The highest BCUT2D eigenvalue weighted by Crippen LogP contribution is 2.22. The van der Waals surface area contributed by atoms with Crippen molar-refractivity contribution < 1.29 is 0 Å². The van der Waals surface area contributed by atoms with Gasteiger partial charge in [-0.05, 0) is 19.1 Å². The first-order chi connectivity index (χ1) is 11.6. The number of nitrogens with one attached hydrogen (secondary N) is 1. The maximum Gasteiger partial charge on any atom is 0.272 e. The largest absolute Gasteiger partial charge is 0.329 e. The molecule has 120 valence electrons. The van der Waals surface area contributed by atoms with Gasteiger partial charge in [0.15, 0.2) is 5.65 Å². The molecule has 0 spiro atoms. The van der Waals surface area contributed by atoms with Crippen LogP contribution < -0.4 is 5.56 Å². The van der Waals surface area contributed by atoms with E-state index in [0.29, 0.717) is 16.4 Å². The van der Waals surface area contributed by atoms with Crippen LogP contribution >= 0.6 is 11.6 Å². The maximum absolute atomic E-state index is 12.4. The number of aromatic nitrogens is 5. The van der Waals surface area contributed by atoms with Crippen molar-refractivity contribution in [1.29, 1.82) is 0 Å². The van der Waals surface area contributed by atoms with Gasteiger partial charge < -0.3 is 4.57 Å². The molecule has 0 unspecified atom stereocenters. The normalized spacial score (nSPS) is 12.6. The van der Waals surface area contributed by atoms with E-state index in [4.69, 9.17) is 11.6 Å². The highest BCUT2D eigenvalue weighted by atomic mass is 35.5. The minimum absolute atomic E-state index is 0.0743. The molecule has 0 saturated carbocycles. The second kappa shape index (κ2) is 5.65. The predicted octanol–water partition coefficient (Wildman–Crippen LogP) is 3.15. The van der Waals surface area contributed by atoms with E-state index in [1.54, 1.807) is 12.5 Å². The van der Waals surface area contributed by atoms with Gasteiger partial charge in [-0.2, -0.15) is 0 Å². The van der Waals surface area contributed by atoms with Crippen molar-refractivity contribution in [3.63, 3.8) is 0 Å². The van der Waals surface area contributed by atoms with Crippen molar-refractivity contribution in [3.05, 3.63) is 76.2 Å². The molecular weight excluding hydrogens is 326 g/mol. The van der Waals surface area contributed by atoms with Crippen molar-refractivity contribution in [3.8, 4) is 11.3 Å². The smallest absolute Gasteiger partial charge is 0.272 e. The molecule has 0 aliphatic rings. The zero-order valence-electron chi connectivity index (χ0n) is 12.8. The number of hydrogen-bond acceptors (Lipinski definition) is 3. The summed E-state index contributed by atoms with van der Waals surface area (Å²) in [5.41, 5.74) is 2.79. The molecule has 4 aromatic rings. The fourth-order valence-electron chi connectivity index (χ4n) is 2.68. The first-order valence-corrected chi connectivity index (χ1v) is 7.86. The standard InChI is InChI=1S/C17H14ClN5O/c1-11(22-6-5-19-10-22)14-9-17(24)23-16(20-14)8-15(21-23)12-3-2-4-13(18)7-12/h2-11,21H,1H3/t11-/m1/s1. The Balaban J connectivity index is 1.83. The van der Waals surface area contributed by atoms with E-state index >= 15 is 0 Å². The van der Waals surface area contributed by atoms with Gasteiger partial charge in [-0.25, -0.2) is 14.5 Å². The van der Waals surface area contributed by atoms with E-state index in [2.05, 4.69) is 15.1 Å². The molecule has 1 aromatic carbocycles. The highest BCUT2D eigenvalue weighted by Gasteiger charge is 2.13. The number of benzene rings is 1. The number of rotatable bonds is 3. The van der Waals surface area contributed by atoms with Crippen LogP contribution in [-0.2, 0) is 0 Å². The topological polar surface area (TPSA) is 68.0 Å². The zero-order valence-corrected chi connectivity index (χ0v) is 13.6. The molecule has 0 aliphatic heterocycles. The maximum atomic E-state index is 12.4. The van der Waals surface area contributed by atoms with E-state index in [-0.39, 0.29) is 11.6 Å². The van der Waals surface area contributed by atoms with Gasteiger partial charge in [-0.3, -0.25) is 9.89 Å². The van der Waals surface area contributed by atoms with E-state index < -0.39 is 0 Å². The van der Waals surface area contributed by atoms with Gasteiger partial charge in [0.05, 0.1) is 23.8 Å². The first-order valence-electron chi connectivity index (χ1n) is 7.48. The summed E-state index contributed by atoms with van der Waals surface area (Å²) in [5, 5.41) is 3.71. The molecule has 0 radical (unpaired) electrons. The third-order valence-corrected chi connectivity index (χ3v) is 4.24. The Hall–Kier alpha value is -2.86. The fourth-order valence-corrected chi connectivity index (χ4v) is 2.87. The summed E-state index contributed by atoms with van der Waals surface area (Å²) in [6.07, 6.45) is 5.26. The lowest BCUT2D eigenvalue weighted by Gasteiger charge is -2.11. The van der Waals surface area contributed by atoms with Crippen LogP contribution in [0.15, 0.2) is 59.9 Å². The summed E-state index contributed by atoms with van der Waals surface area (Å²) in [5.74, 6) is 0. The van der Waals surface area contributed by atoms with Crippen LogP contribution in [0.2, 0.25) is 5.02 Å². The zero-order chi connectivity index (χ0) is 16.7. The number of aromatic amines is 1. The number of hydrogen-bond donors (Lipinski definition) is 1. The number of halogens is 1. The molecule has 3 heterocycles. The predicted molar refractivity (Wildman–Crippen MR) is 92.3 cm³/mol. The van der Waals surface area contributed by atoms with Gasteiger partial charge in [0, 0.05) is 35.1 Å². The Morgan fingerprint density at radius 1 is 1.25 bits per heavy atom. The summed E-state index contributed by atoms with van der Waals surface area (Å²) in [4.78, 5) is 21.1. The number of nitrogens with zero attached hydrogens (tertiary/aromatic N) is 4. The number of imidazole rings is 1. The van der Waals surface area contributed by atoms with Crippen LogP contribution in [0.4, 0.5) is 0 Å². The van der Waals surface area contributed by atoms with Gasteiger partial charge in [-0.15, -0.1) is 0 Å². The van der Waals surface area contributed by atoms with Crippen LogP contribution in [0.5, 0.6) is 0 Å². The van der Waals surface area contributed by atoms with Gasteiger partial charge in [0.25, 0.3) is 5.56 Å². The lowest BCUT2D eigenvalue weighted by molar-refractivity contribution is 0.617. The van der Waals surface area contributed by atoms with Crippen molar-refractivity contribution >= 4 is 17.2 Å². The minimum atomic E-state index is -0.157. The quantitative estimate of drug-likeness (QED) is 0.623. The van der Waals surface area contributed by atoms with Crippen molar-refractivity contribution in [1.82, 2.24) is 24.1 Å². The van der Waals surface area contributed by atoms with Crippen LogP contribution in [-0.4, -0.2) is 24.1 Å². The second-order valence-corrected chi connectivity index (χ2v) is 6.02. The Morgan fingerprint density at radius 2 is 2.12 bits per heavy atom.